The van der Waals surface area contributed by atoms with E-state index in [2.05, 4.69) is 6.58 Å². The van der Waals surface area contributed by atoms with E-state index in [0.717, 1.165) is 6.42 Å². The maximum Gasteiger partial charge on any atom is 0.201 e. The van der Waals surface area contributed by atoms with Crippen molar-refractivity contribution in [2.45, 2.75) is 63.8 Å². The minimum absolute atomic E-state index is 0.138. The summed E-state index contributed by atoms with van der Waals surface area (Å²) in [5, 5.41) is 34.3. The summed E-state index contributed by atoms with van der Waals surface area (Å²) in [6.45, 7) is 10.8. The number of hydrogen-bond acceptors (Lipinski definition) is 5. The van der Waals surface area contributed by atoms with Crippen LogP contribution in [-0.4, -0.2) is 43.7 Å². The van der Waals surface area contributed by atoms with Crippen LogP contribution in [0.25, 0.3) is 0 Å². The van der Waals surface area contributed by atoms with E-state index in [1.807, 2.05) is 6.92 Å². The fourth-order valence-electron chi connectivity index (χ4n) is 7.44. The smallest absolute Gasteiger partial charge is 0.201 e. The summed E-state index contributed by atoms with van der Waals surface area (Å²) in [6.07, 6.45) is 2.03. The zero-order valence-corrected chi connectivity index (χ0v) is 15.4. The number of carbonyl (C=O) groups is 2. The van der Waals surface area contributed by atoms with E-state index in [4.69, 9.17) is 0 Å². The third-order valence-corrected chi connectivity index (χ3v) is 8.37. The predicted octanol–water partition coefficient (Wildman–Crippen LogP) is 1.25. The zero-order chi connectivity index (χ0) is 18.7. The molecule has 0 unspecified atom stereocenters. The summed E-state index contributed by atoms with van der Waals surface area (Å²) in [4.78, 5) is 27.1. The first-order valence-corrected chi connectivity index (χ1v) is 9.33. The molecule has 0 radical (unpaired) electrons. The highest BCUT2D eigenvalue weighted by Crippen LogP contribution is 2.75. The molecule has 0 amide bonds. The van der Waals surface area contributed by atoms with Gasteiger partial charge >= 0.3 is 0 Å². The lowest BCUT2D eigenvalue weighted by molar-refractivity contribution is -0.290. The number of hydrogen-bond donors (Lipinski definition) is 3. The summed E-state index contributed by atoms with van der Waals surface area (Å²) in [5.74, 6) is -2.86. The molecular weight excluding hydrogens is 320 g/mol. The Balaban J connectivity index is 2.13. The molecule has 9 atom stereocenters. The zero-order valence-electron chi connectivity index (χ0n) is 15.4. The molecule has 0 heterocycles. The first-order valence-electron chi connectivity index (χ1n) is 9.33. The predicted molar refractivity (Wildman–Crippen MR) is 90.4 cm³/mol. The van der Waals surface area contributed by atoms with Crippen LogP contribution in [0.3, 0.4) is 0 Å². The minimum atomic E-state index is -2.32. The molecule has 5 aliphatic rings. The van der Waals surface area contributed by atoms with Crippen molar-refractivity contribution in [3.8, 4) is 0 Å². The van der Waals surface area contributed by atoms with Gasteiger partial charge in [-0.3, -0.25) is 9.59 Å². The highest BCUT2D eigenvalue weighted by atomic mass is 16.4. The summed E-state index contributed by atoms with van der Waals surface area (Å²) in [7, 11) is 0. The molecule has 5 heteroatoms. The van der Waals surface area contributed by atoms with Gasteiger partial charge in [0.2, 0.25) is 5.78 Å². The Bertz CT molecular complexity index is 711. The first-order chi connectivity index (χ1) is 11.4. The molecule has 25 heavy (non-hydrogen) atoms. The lowest BCUT2D eigenvalue weighted by Gasteiger charge is -2.71. The lowest BCUT2D eigenvalue weighted by atomic mass is 9.33. The summed E-state index contributed by atoms with van der Waals surface area (Å²) >= 11 is 0. The van der Waals surface area contributed by atoms with Crippen LogP contribution in [0.1, 0.15) is 47.0 Å². The van der Waals surface area contributed by atoms with Crippen LogP contribution < -0.4 is 0 Å². The fourth-order valence-corrected chi connectivity index (χ4v) is 7.44. The normalized spacial score (nSPS) is 59.9. The van der Waals surface area contributed by atoms with Gasteiger partial charge < -0.3 is 15.3 Å². The molecule has 0 aromatic rings. The molecule has 5 saturated carbocycles. The molecule has 0 aromatic heterocycles. The monoisotopic (exact) mass is 348 g/mol. The Morgan fingerprint density at radius 1 is 1.04 bits per heavy atom. The maximum atomic E-state index is 13.6. The van der Waals surface area contributed by atoms with Crippen molar-refractivity contribution >= 4 is 11.6 Å². The van der Waals surface area contributed by atoms with Crippen molar-refractivity contribution in [2.24, 2.45) is 35.0 Å². The Morgan fingerprint density at radius 2 is 1.64 bits per heavy atom. The van der Waals surface area contributed by atoms with Crippen LogP contribution in [0, 0.1) is 35.0 Å². The van der Waals surface area contributed by atoms with E-state index in [1.165, 1.54) is 6.92 Å². The van der Waals surface area contributed by atoms with E-state index < -0.39 is 45.6 Å². The second-order valence-electron chi connectivity index (χ2n) is 9.36. The highest BCUT2D eigenvalue weighted by molar-refractivity contribution is 6.15. The van der Waals surface area contributed by atoms with Gasteiger partial charge in [-0.25, -0.2) is 0 Å². The van der Waals surface area contributed by atoms with Crippen molar-refractivity contribution < 1.29 is 24.9 Å². The average Bonchev–Trinajstić information content (AvgIpc) is 2.81. The van der Waals surface area contributed by atoms with Gasteiger partial charge in [0.15, 0.2) is 17.0 Å². The molecule has 0 saturated heterocycles. The third kappa shape index (κ3) is 1.37. The van der Waals surface area contributed by atoms with Gasteiger partial charge in [-0.1, -0.05) is 26.0 Å². The van der Waals surface area contributed by atoms with Crippen LogP contribution in [0.5, 0.6) is 0 Å². The third-order valence-electron chi connectivity index (χ3n) is 8.37. The minimum Gasteiger partial charge on any atom is -0.381 e. The van der Waals surface area contributed by atoms with Gasteiger partial charge in [0.25, 0.3) is 0 Å². The Kier molecular flexibility index (Phi) is 3.08. The van der Waals surface area contributed by atoms with Crippen molar-refractivity contribution in [3.63, 3.8) is 0 Å². The number of carbonyl (C=O) groups excluding carboxylic acids is 2. The Labute approximate surface area is 148 Å². The molecule has 1 spiro atoms. The van der Waals surface area contributed by atoms with Crippen LogP contribution in [0.15, 0.2) is 12.2 Å². The molecule has 5 fully saturated rings. The van der Waals surface area contributed by atoms with E-state index in [0.29, 0.717) is 18.4 Å². The molecule has 2 bridgehead atoms. The molecular formula is C20H28O5. The molecule has 5 aliphatic carbocycles. The Morgan fingerprint density at radius 3 is 2.20 bits per heavy atom. The maximum absolute atomic E-state index is 13.6. The second kappa shape index (κ2) is 4.44. The molecule has 5 nitrogen and oxygen atoms in total. The SMILES string of the molecule is C=C(C)[C@H]1[C@@H]2C[C@H](C)[C@H]3CC[C@H](C)[C@@]4(O)C(=O)[C@]1(O)[C@@](C)(O)C(=O)[C@@]324. The van der Waals surface area contributed by atoms with Crippen LogP contribution in [-0.2, 0) is 9.59 Å². The first kappa shape index (κ1) is 17.4. The van der Waals surface area contributed by atoms with Crippen LogP contribution in [0.4, 0.5) is 0 Å². The molecule has 0 aromatic carbocycles. The number of Topliss-reactive ketones (excluding diaryl/α,β-unsaturated/α-hetero) is 2. The van der Waals surface area contributed by atoms with Crippen LogP contribution in [0.2, 0.25) is 0 Å². The number of ketones is 2. The van der Waals surface area contributed by atoms with E-state index >= 15 is 0 Å². The topological polar surface area (TPSA) is 94.8 Å². The highest BCUT2D eigenvalue weighted by Gasteiger charge is 2.89. The van der Waals surface area contributed by atoms with E-state index in [-0.39, 0.29) is 17.8 Å². The van der Waals surface area contributed by atoms with Crippen molar-refractivity contribution in [2.75, 3.05) is 0 Å². The van der Waals surface area contributed by atoms with Crippen LogP contribution >= 0.6 is 0 Å². The number of fused-ring (bicyclic) bond motifs is 1. The van der Waals surface area contributed by atoms with Crippen molar-refractivity contribution in [1.29, 1.82) is 0 Å². The van der Waals surface area contributed by atoms with Gasteiger partial charge in [-0.15, -0.1) is 0 Å². The summed E-state index contributed by atoms with van der Waals surface area (Å²) < 4.78 is 0. The van der Waals surface area contributed by atoms with E-state index in [1.54, 1.807) is 13.8 Å². The van der Waals surface area contributed by atoms with Gasteiger partial charge in [-0.2, -0.15) is 0 Å². The molecule has 5 rings (SSSR count). The average molecular weight is 348 g/mol. The van der Waals surface area contributed by atoms with Crippen molar-refractivity contribution in [3.05, 3.63) is 12.2 Å². The second-order valence-corrected chi connectivity index (χ2v) is 9.36. The van der Waals surface area contributed by atoms with Gasteiger partial charge in [-0.05, 0) is 56.8 Å². The van der Waals surface area contributed by atoms with E-state index in [9.17, 15) is 24.9 Å². The molecule has 138 valence electrons. The fraction of sp³-hybridized carbons (Fsp3) is 0.800. The largest absolute Gasteiger partial charge is 0.381 e. The Hall–Kier alpha value is -1.04. The quantitative estimate of drug-likeness (QED) is 0.620. The molecule has 3 N–H and O–H groups in total. The molecule has 0 aliphatic heterocycles. The lowest BCUT2D eigenvalue weighted by Crippen LogP contribution is -2.90. The summed E-state index contributed by atoms with van der Waals surface area (Å²) in [5.41, 5.74) is -7.18. The van der Waals surface area contributed by atoms with Gasteiger partial charge in [0.1, 0.15) is 5.60 Å². The standard InChI is InChI=1S/C20H28O5/c1-9(2)14-13-8-10(3)12-7-6-11(4)19(24)16(22)20(14,25)17(5,23)15(21)18(12,13)19/h10-14,23-25H,1,6-8H2,2-5H3/t10-,11-,12+,13-,14-,17-,18+,19+,20-/m0/s1. The van der Waals surface area contributed by atoms with Gasteiger partial charge in [0, 0.05) is 5.92 Å². The number of rotatable bonds is 1. The summed E-state index contributed by atoms with van der Waals surface area (Å²) in [6, 6.07) is 0. The van der Waals surface area contributed by atoms with Crippen molar-refractivity contribution in [1.82, 2.24) is 0 Å². The number of aliphatic hydroxyl groups is 3. The van der Waals surface area contributed by atoms with Gasteiger partial charge in [0.05, 0.1) is 5.41 Å².